The lowest BCUT2D eigenvalue weighted by Gasteiger charge is -2.35. The van der Waals surface area contributed by atoms with Crippen LogP contribution in [0, 0.1) is 0 Å². The first-order valence-electron chi connectivity index (χ1n) is 4.67. The Morgan fingerprint density at radius 3 is 2.92 bits per heavy atom. The first kappa shape index (κ1) is 10.5. The highest BCUT2D eigenvalue weighted by molar-refractivity contribution is 5.78. The van der Waals surface area contributed by atoms with Gasteiger partial charge in [0.25, 0.3) is 0 Å². The summed E-state index contributed by atoms with van der Waals surface area (Å²) in [7, 11) is 0. The molecular formula is C9H18N2O2. The average molecular weight is 186 g/mol. The van der Waals surface area contributed by atoms with Crippen LogP contribution in [0.1, 0.15) is 26.7 Å². The van der Waals surface area contributed by atoms with Crippen LogP contribution in [0.4, 0.5) is 0 Å². The largest absolute Gasteiger partial charge is 0.375 e. The molecule has 3 N–H and O–H groups in total. The third kappa shape index (κ3) is 3.32. The number of carbonyl (C=O) groups is 1. The SMILES string of the molecule is CC1(C)CC(NC(=O)CN)CCO1. The van der Waals surface area contributed by atoms with Crippen LogP contribution >= 0.6 is 0 Å². The Kier molecular flexibility index (Phi) is 3.27. The Labute approximate surface area is 78.8 Å². The minimum atomic E-state index is -0.120. The number of ether oxygens (including phenoxy) is 1. The maximum atomic E-state index is 11.0. The molecule has 1 unspecified atom stereocenters. The molecule has 0 spiro atoms. The standard InChI is InChI=1S/C9H18N2O2/c1-9(2)5-7(3-4-13-9)11-8(12)6-10/h7H,3-6,10H2,1-2H3,(H,11,12). The van der Waals surface area contributed by atoms with Crippen molar-refractivity contribution in [2.24, 2.45) is 5.73 Å². The molecule has 0 aromatic rings. The van der Waals surface area contributed by atoms with Gasteiger partial charge in [-0.05, 0) is 26.7 Å². The summed E-state index contributed by atoms with van der Waals surface area (Å²) in [4.78, 5) is 11.0. The van der Waals surface area contributed by atoms with E-state index in [2.05, 4.69) is 5.32 Å². The normalized spacial score (nSPS) is 26.8. The topological polar surface area (TPSA) is 64.4 Å². The van der Waals surface area contributed by atoms with Crippen LogP contribution in [-0.2, 0) is 9.53 Å². The highest BCUT2D eigenvalue weighted by atomic mass is 16.5. The van der Waals surface area contributed by atoms with Crippen molar-refractivity contribution in [3.63, 3.8) is 0 Å². The second-order valence-corrected chi connectivity index (χ2v) is 4.07. The van der Waals surface area contributed by atoms with E-state index in [1.54, 1.807) is 0 Å². The Bertz CT molecular complexity index is 192. The zero-order valence-electron chi connectivity index (χ0n) is 8.30. The van der Waals surface area contributed by atoms with Gasteiger partial charge in [0.1, 0.15) is 0 Å². The van der Waals surface area contributed by atoms with E-state index in [9.17, 15) is 4.79 Å². The summed E-state index contributed by atoms with van der Waals surface area (Å²) in [6.07, 6.45) is 1.74. The molecule has 1 rings (SSSR count). The number of hydrogen-bond acceptors (Lipinski definition) is 3. The van der Waals surface area contributed by atoms with Crippen molar-refractivity contribution in [2.75, 3.05) is 13.2 Å². The van der Waals surface area contributed by atoms with E-state index in [1.807, 2.05) is 13.8 Å². The molecule has 4 heteroatoms. The maximum Gasteiger partial charge on any atom is 0.233 e. The average Bonchev–Trinajstić information content (AvgIpc) is 2.02. The summed E-state index contributed by atoms with van der Waals surface area (Å²) in [5.41, 5.74) is 5.09. The Morgan fingerprint density at radius 1 is 1.69 bits per heavy atom. The number of amides is 1. The van der Waals surface area contributed by atoms with E-state index in [4.69, 9.17) is 10.5 Å². The summed E-state index contributed by atoms with van der Waals surface area (Å²) < 4.78 is 5.53. The first-order valence-corrected chi connectivity index (χ1v) is 4.67. The van der Waals surface area contributed by atoms with Crippen molar-refractivity contribution in [1.82, 2.24) is 5.32 Å². The Morgan fingerprint density at radius 2 is 2.38 bits per heavy atom. The molecule has 1 amide bonds. The summed E-state index contributed by atoms with van der Waals surface area (Å²) in [6, 6.07) is 0.222. The fourth-order valence-electron chi connectivity index (χ4n) is 1.64. The summed E-state index contributed by atoms with van der Waals surface area (Å²) in [6.45, 7) is 4.85. The molecule has 1 aliphatic rings. The molecule has 0 aromatic heterocycles. The van der Waals surface area contributed by atoms with Crippen molar-refractivity contribution in [3.8, 4) is 0 Å². The monoisotopic (exact) mass is 186 g/mol. The summed E-state index contributed by atoms with van der Waals surface area (Å²) in [5.74, 6) is -0.0808. The lowest BCUT2D eigenvalue weighted by atomic mass is 9.94. The van der Waals surface area contributed by atoms with Gasteiger partial charge in [-0.3, -0.25) is 4.79 Å². The van der Waals surface area contributed by atoms with Gasteiger partial charge in [0.05, 0.1) is 12.1 Å². The Hall–Kier alpha value is -0.610. The first-order chi connectivity index (χ1) is 6.03. The van der Waals surface area contributed by atoms with Crippen molar-refractivity contribution in [2.45, 2.75) is 38.3 Å². The van der Waals surface area contributed by atoms with E-state index < -0.39 is 0 Å². The van der Waals surface area contributed by atoms with E-state index in [0.717, 1.165) is 12.8 Å². The fraction of sp³-hybridized carbons (Fsp3) is 0.889. The van der Waals surface area contributed by atoms with Crippen LogP contribution in [0.2, 0.25) is 0 Å². The zero-order valence-corrected chi connectivity index (χ0v) is 8.30. The molecular weight excluding hydrogens is 168 g/mol. The predicted molar refractivity (Wildman–Crippen MR) is 50.3 cm³/mol. The summed E-state index contributed by atoms with van der Waals surface area (Å²) in [5, 5.41) is 2.88. The predicted octanol–water partition coefficient (Wildman–Crippen LogP) is 0.0189. The van der Waals surface area contributed by atoms with Gasteiger partial charge in [-0.15, -0.1) is 0 Å². The number of rotatable bonds is 2. The third-order valence-electron chi connectivity index (χ3n) is 2.25. The van der Waals surface area contributed by atoms with Crippen LogP contribution in [0.25, 0.3) is 0 Å². The molecule has 1 fully saturated rings. The molecule has 4 nitrogen and oxygen atoms in total. The van der Waals surface area contributed by atoms with Gasteiger partial charge in [0.2, 0.25) is 5.91 Å². The minimum Gasteiger partial charge on any atom is -0.375 e. The van der Waals surface area contributed by atoms with Gasteiger partial charge < -0.3 is 15.8 Å². The number of nitrogens with one attached hydrogen (secondary N) is 1. The number of carbonyl (C=O) groups excluding carboxylic acids is 1. The molecule has 13 heavy (non-hydrogen) atoms. The van der Waals surface area contributed by atoms with Gasteiger partial charge in [0, 0.05) is 12.6 Å². The summed E-state index contributed by atoms with van der Waals surface area (Å²) >= 11 is 0. The molecule has 1 saturated heterocycles. The van der Waals surface area contributed by atoms with Crippen LogP contribution < -0.4 is 11.1 Å². The molecule has 76 valence electrons. The third-order valence-corrected chi connectivity index (χ3v) is 2.25. The van der Waals surface area contributed by atoms with Gasteiger partial charge in [-0.2, -0.15) is 0 Å². The van der Waals surface area contributed by atoms with E-state index >= 15 is 0 Å². The van der Waals surface area contributed by atoms with Crippen molar-refractivity contribution < 1.29 is 9.53 Å². The van der Waals surface area contributed by atoms with Crippen LogP contribution in [0.5, 0.6) is 0 Å². The molecule has 1 heterocycles. The highest BCUT2D eigenvalue weighted by Gasteiger charge is 2.29. The Balaban J connectivity index is 2.39. The van der Waals surface area contributed by atoms with Crippen LogP contribution in [-0.4, -0.2) is 30.7 Å². The lowest BCUT2D eigenvalue weighted by Crippen LogP contribution is -2.47. The number of hydrogen-bond donors (Lipinski definition) is 2. The van der Waals surface area contributed by atoms with Gasteiger partial charge in [-0.1, -0.05) is 0 Å². The van der Waals surface area contributed by atoms with Crippen molar-refractivity contribution >= 4 is 5.91 Å². The minimum absolute atomic E-state index is 0.0672. The quantitative estimate of drug-likeness (QED) is 0.639. The van der Waals surface area contributed by atoms with Crippen molar-refractivity contribution in [3.05, 3.63) is 0 Å². The molecule has 1 aliphatic heterocycles. The molecule has 0 aromatic carbocycles. The highest BCUT2D eigenvalue weighted by Crippen LogP contribution is 2.23. The van der Waals surface area contributed by atoms with Gasteiger partial charge >= 0.3 is 0 Å². The van der Waals surface area contributed by atoms with Crippen LogP contribution in [0.15, 0.2) is 0 Å². The van der Waals surface area contributed by atoms with Gasteiger partial charge in [-0.25, -0.2) is 0 Å². The van der Waals surface area contributed by atoms with E-state index in [0.29, 0.717) is 6.61 Å². The molecule has 0 bridgehead atoms. The molecule has 0 saturated carbocycles. The van der Waals surface area contributed by atoms with Crippen molar-refractivity contribution in [1.29, 1.82) is 0 Å². The second kappa shape index (κ2) is 4.07. The van der Waals surface area contributed by atoms with Gasteiger partial charge in [0.15, 0.2) is 0 Å². The molecule has 0 aliphatic carbocycles. The lowest BCUT2D eigenvalue weighted by molar-refractivity contribution is -0.122. The smallest absolute Gasteiger partial charge is 0.233 e. The second-order valence-electron chi connectivity index (χ2n) is 4.07. The number of nitrogens with two attached hydrogens (primary N) is 1. The van der Waals surface area contributed by atoms with Crippen LogP contribution in [0.3, 0.4) is 0 Å². The van der Waals surface area contributed by atoms with E-state index in [1.165, 1.54) is 0 Å². The zero-order chi connectivity index (χ0) is 9.90. The maximum absolute atomic E-state index is 11.0. The fourth-order valence-corrected chi connectivity index (χ4v) is 1.64. The molecule has 1 atom stereocenters. The van der Waals surface area contributed by atoms with E-state index in [-0.39, 0.29) is 24.1 Å². The molecule has 0 radical (unpaired) electrons.